The van der Waals surface area contributed by atoms with Gasteiger partial charge in [0.05, 0.1) is 22.8 Å². The second-order valence-corrected chi connectivity index (χ2v) is 15.8. The summed E-state index contributed by atoms with van der Waals surface area (Å²) < 4.78 is 19.2. The van der Waals surface area contributed by atoms with E-state index in [-0.39, 0.29) is 18.6 Å². The third kappa shape index (κ3) is 5.08. The summed E-state index contributed by atoms with van der Waals surface area (Å²) in [5.74, 6) is 1.08. The molecule has 1 fully saturated rings. The zero-order valence-electron chi connectivity index (χ0n) is 18.7. The van der Waals surface area contributed by atoms with E-state index >= 15 is 0 Å². The average molecular weight is 498 g/mol. The Morgan fingerprint density at radius 3 is 2.88 bits per heavy atom. The van der Waals surface area contributed by atoms with Crippen molar-refractivity contribution in [2.75, 3.05) is 31.5 Å². The number of carbonyl (C=O) groups excluding carboxylic acids is 1. The summed E-state index contributed by atoms with van der Waals surface area (Å²) in [4.78, 5) is 14.7. The van der Waals surface area contributed by atoms with Gasteiger partial charge in [0.2, 0.25) is 11.8 Å². The maximum Gasteiger partial charge on any atom is 0.236 e. The first kappa shape index (κ1) is 23.4. The molecule has 1 amide bonds. The van der Waals surface area contributed by atoms with Gasteiger partial charge < -0.3 is 19.1 Å². The van der Waals surface area contributed by atoms with Crippen LogP contribution in [0.3, 0.4) is 0 Å². The van der Waals surface area contributed by atoms with E-state index in [1.54, 1.807) is 27.9 Å². The number of amides is 1. The molecule has 10 heteroatoms. The van der Waals surface area contributed by atoms with E-state index in [4.69, 9.17) is 37.4 Å². The average Bonchev–Trinajstić information content (AvgIpc) is 3.32. The van der Waals surface area contributed by atoms with E-state index in [1.165, 1.54) is 0 Å². The van der Waals surface area contributed by atoms with E-state index in [9.17, 15) is 4.79 Å². The van der Waals surface area contributed by atoms with Crippen molar-refractivity contribution in [3.05, 3.63) is 33.9 Å². The van der Waals surface area contributed by atoms with Crippen LogP contribution in [0.1, 0.15) is 24.3 Å². The molecule has 0 saturated carbocycles. The van der Waals surface area contributed by atoms with E-state index in [2.05, 4.69) is 24.7 Å². The lowest BCUT2D eigenvalue weighted by atomic mass is 9.97. The summed E-state index contributed by atoms with van der Waals surface area (Å²) in [7, 11) is -1.17. The normalized spacial score (nSPS) is 18.6. The van der Waals surface area contributed by atoms with Gasteiger partial charge in [-0.15, -0.1) is 0 Å². The van der Waals surface area contributed by atoms with E-state index < -0.39 is 8.07 Å². The number of aryl methyl sites for hydroxylation is 1. The van der Waals surface area contributed by atoms with Crippen LogP contribution in [-0.4, -0.2) is 50.3 Å². The van der Waals surface area contributed by atoms with Gasteiger partial charge in [-0.05, 0) is 18.2 Å². The molecule has 3 heterocycles. The summed E-state index contributed by atoms with van der Waals surface area (Å²) >= 11 is 12.9. The van der Waals surface area contributed by atoms with Crippen LogP contribution < -0.4 is 14.4 Å². The number of hydrogen-bond acceptors (Lipinski definition) is 5. The summed E-state index contributed by atoms with van der Waals surface area (Å²) in [6, 6.07) is 4.57. The standard InChI is InChI=1S/C22H29Cl2N3O4Si/c1-32(2,3)10-9-29-14-31-18-6-5-16(23)21(24)20(18)15-11-19(28)26(13-15)17-12-25-27-7-4-8-30-22(17)27/h5-6,12,15H,4,7-11,13-14H2,1-3H3/t15-/m0/s1. The molecule has 174 valence electrons. The fourth-order valence-electron chi connectivity index (χ4n) is 3.97. The quantitative estimate of drug-likeness (QED) is 0.285. The second-order valence-electron chi connectivity index (χ2n) is 9.42. The molecule has 1 aromatic carbocycles. The van der Waals surface area contributed by atoms with E-state index in [0.29, 0.717) is 53.5 Å². The lowest BCUT2D eigenvalue weighted by Gasteiger charge is -2.22. The second kappa shape index (κ2) is 9.63. The molecule has 4 rings (SSSR count). The van der Waals surface area contributed by atoms with Gasteiger partial charge in [-0.25, -0.2) is 4.68 Å². The molecule has 0 unspecified atom stereocenters. The van der Waals surface area contributed by atoms with Crippen molar-refractivity contribution in [3.63, 3.8) is 0 Å². The van der Waals surface area contributed by atoms with Gasteiger partial charge in [0.25, 0.3) is 0 Å². The van der Waals surface area contributed by atoms with Gasteiger partial charge in [0, 0.05) is 52.1 Å². The smallest absolute Gasteiger partial charge is 0.236 e. The molecule has 1 saturated heterocycles. The monoisotopic (exact) mass is 497 g/mol. The summed E-state index contributed by atoms with van der Waals surface area (Å²) in [6.07, 6.45) is 2.91. The molecule has 0 N–H and O–H groups in total. The minimum Gasteiger partial charge on any atom is -0.476 e. The van der Waals surface area contributed by atoms with Gasteiger partial charge in [-0.1, -0.05) is 42.8 Å². The minimum absolute atomic E-state index is 0.00616. The molecule has 2 aliphatic heterocycles. The van der Waals surface area contributed by atoms with Crippen molar-refractivity contribution in [2.45, 2.75) is 51.0 Å². The van der Waals surface area contributed by atoms with Crippen LogP contribution in [0.25, 0.3) is 0 Å². The fourth-order valence-corrected chi connectivity index (χ4v) is 5.20. The summed E-state index contributed by atoms with van der Waals surface area (Å²) in [5.41, 5.74) is 1.44. The molecule has 0 spiro atoms. The van der Waals surface area contributed by atoms with Crippen molar-refractivity contribution in [2.24, 2.45) is 0 Å². The SMILES string of the molecule is C[Si](C)(C)CCOCOc1ccc(Cl)c(Cl)c1[C@H]1CC(=O)N(c2cnn3c2OCCC3)C1. The molecule has 32 heavy (non-hydrogen) atoms. The van der Waals surface area contributed by atoms with Crippen molar-refractivity contribution in [3.8, 4) is 11.6 Å². The number of hydrogen-bond donors (Lipinski definition) is 0. The van der Waals surface area contributed by atoms with Crippen LogP contribution >= 0.6 is 23.2 Å². The highest BCUT2D eigenvalue weighted by atomic mass is 35.5. The molecule has 7 nitrogen and oxygen atoms in total. The van der Waals surface area contributed by atoms with E-state index in [0.717, 1.165) is 24.6 Å². The predicted molar refractivity (Wildman–Crippen MR) is 128 cm³/mol. The Kier molecular flexibility index (Phi) is 7.05. The van der Waals surface area contributed by atoms with Gasteiger partial charge in [0.1, 0.15) is 11.4 Å². The first-order valence-corrected chi connectivity index (χ1v) is 15.4. The largest absolute Gasteiger partial charge is 0.476 e. The number of benzene rings is 1. The highest BCUT2D eigenvalue weighted by molar-refractivity contribution is 6.76. The van der Waals surface area contributed by atoms with Crippen molar-refractivity contribution < 1.29 is 19.0 Å². The maximum absolute atomic E-state index is 12.9. The Morgan fingerprint density at radius 2 is 2.09 bits per heavy atom. The van der Waals surface area contributed by atoms with Crippen LogP contribution in [-0.2, 0) is 16.1 Å². The minimum atomic E-state index is -1.17. The number of aromatic nitrogens is 2. The molecular formula is C22H29Cl2N3O4Si. The lowest BCUT2D eigenvalue weighted by Crippen LogP contribution is -2.25. The van der Waals surface area contributed by atoms with Gasteiger partial charge in [0.15, 0.2) is 6.79 Å². The van der Waals surface area contributed by atoms with Crippen LogP contribution in [0.2, 0.25) is 35.7 Å². The first-order valence-electron chi connectivity index (χ1n) is 10.9. The Hall–Kier alpha value is -1.74. The van der Waals surface area contributed by atoms with Crippen LogP contribution in [0.5, 0.6) is 11.6 Å². The summed E-state index contributed by atoms with van der Waals surface area (Å²) in [6.45, 7) is 9.57. The summed E-state index contributed by atoms with van der Waals surface area (Å²) in [5, 5.41) is 5.22. The Labute approximate surface area is 199 Å². The van der Waals surface area contributed by atoms with E-state index in [1.807, 2.05) is 0 Å². The number of ether oxygens (including phenoxy) is 3. The topological polar surface area (TPSA) is 65.8 Å². The molecular weight excluding hydrogens is 469 g/mol. The number of rotatable bonds is 8. The zero-order chi connectivity index (χ0) is 22.9. The van der Waals surface area contributed by atoms with Crippen molar-refractivity contribution >= 4 is 42.9 Å². The maximum atomic E-state index is 12.9. The van der Waals surface area contributed by atoms with Gasteiger partial charge >= 0.3 is 0 Å². The van der Waals surface area contributed by atoms with Crippen molar-refractivity contribution in [1.29, 1.82) is 0 Å². The molecule has 1 atom stereocenters. The third-order valence-electron chi connectivity index (χ3n) is 5.74. The van der Waals surface area contributed by atoms with Crippen LogP contribution in [0.4, 0.5) is 5.69 Å². The number of nitrogens with zero attached hydrogens (tertiary/aromatic N) is 3. The highest BCUT2D eigenvalue weighted by Gasteiger charge is 2.37. The first-order chi connectivity index (χ1) is 15.2. The van der Waals surface area contributed by atoms with Gasteiger partial charge in [-0.3, -0.25) is 4.79 Å². The molecule has 2 aliphatic rings. The number of anilines is 1. The third-order valence-corrected chi connectivity index (χ3v) is 8.26. The Morgan fingerprint density at radius 1 is 1.28 bits per heavy atom. The molecule has 0 radical (unpaired) electrons. The number of halogens is 2. The Bertz CT molecular complexity index is 992. The number of fused-ring (bicyclic) bond motifs is 1. The van der Waals surface area contributed by atoms with Crippen molar-refractivity contribution in [1.82, 2.24) is 9.78 Å². The fraction of sp³-hybridized carbons (Fsp3) is 0.545. The highest BCUT2D eigenvalue weighted by Crippen LogP contribution is 2.44. The lowest BCUT2D eigenvalue weighted by molar-refractivity contribution is -0.117. The Balaban J connectivity index is 1.50. The zero-order valence-corrected chi connectivity index (χ0v) is 21.2. The van der Waals surface area contributed by atoms with Gasteiger partial charge in [-0.2, -0.15) is 5.10 Å². The number of carbonyl (C=O) groups is 1. The van der Waals surface area contributed by atoms with Crippen LogP contribution in [0.15, 0.2) is 18.3 Å². The molecule has 0 bridgehead atoms. The molecule has 2 aromatic rings. The molecule has 0 aliphatic carbocycles. The molecule has 1 aromatic heterocycles. The van der Waals surface area contributed by atoms with Crippen LogP contribution in [0, 0.1) is 0 Å². The predicted octanol–water partition coefficient (Wildman–Crippen LogP) is 5.18.